The smallest absolute Gasteiger partial charge is 0.138 e. The van der Waals surface area contributed by atoms with Crippen molar-refractivity contribution >= 4 is 16.7 Å². The van der Waals surface area contributed by atoms with Crippen LogP contribution in [-0.4, -0.2) is 23.6 Å². The molecule has 5 aromatic rings. The maximum atomic E-state index is 5.35. The molecule has 3 heterocycles. The third-order valence-corrected chi connectivity index (χ3v) is 5.32. The van der Waals surface area contributed by atoms with Gasteiger partial charge in [-0.25, -0.2) is 4.98 Å². The van der Waals surface area contributed by atoms with Gasteiger partial charge in [-0.05, 0) is 54.4 Å². The zero-order chi connectivity index (χ0) is 19.3. The maximum absolute atomic E-state index is 5.35. The second-order valence-electron chi connectivity index (χ2n) is 6.86. The molecule has 0 fully saturated rings. The SMILES string of the molecule is COc1ccc(-c2c(-c3ccc(OC)cc3)c3c(C)nc4cccc2n43)cc1. The number of benzene rings is 2. The number of aromatic nitrogens is 2. The van der Waals surface area contributed by atoms with Crippen molar-refractivity contribution in [2.45, 2.75) is 6.92 Å². The van der Waals surface area contributed by atoms with Gasteiger partial charge in [-0.15, -0.1) is 0 Å². The molecule has 0 atom stereocenters. The summed E-state index contributed by atoms with van der Waals surface area (Å²) in [6.45, 7) is 2.08. The zero-order valence-corrected chi connectivity index (χ0v) is 16.1. The first-order chi connectivity index (χ1) is 13.7. The first kappa shape index (κ1) is 16.6. The fourth-order valence-electron chi connectivity index (χ4n) is 4.03. The van der Waals surface area contributed by atoms with Gasteiger partial charge in [-0.2, -0.15) is 0 Å². The Hall–Kier alpha value is -3.53. The van der Waals surface area contributed by atoms with Crippen LogP contribution in [0.25, 0.3) is 38.9 Å². The molecule has 4 nitrogen and oxygen atoms in total. The molecule has 0 aliphatic heterocycles. The minimum atomic E-state index is 0.848. The summed E-state index contributed by atoms with van der Waals surface area (Å²) in [6.07, 6.45) is 0. The number of rotatable bonds is 4. The van der Waals surface area contributed by atoms with Crippen molar-refractivity contribution in [3.05, 3.63) is 72.4 Å². The normalized spacial score (nSPS) is 11.4. The number of imidazole rings is 1. The van der Waals surface area contributed by atoms with Crippen LogP contribution in [0.4, 0.5) is 0 Å². The Morgan fingerprint density at radius 3 is 1.86 bits per heavy atom. The predicted octanol–water partition coefficient (Wildman–Crippen LogP) is 5.58. The lowest BCUT2D eigenvalue weighted by Crippen LogP contribution is -1.87. The molecular formula is C24H20N2O2. The van der Waals surface area contributed by atoms with Crippen LogP contribution in [0.1, 0.15) is 5.69 Å². The molecule has 3 aromatic heterocycles. The summed E-state index contributed by atoms with van der Waals surface area (Å²) in [4.78, 5) is 4.77. The lowest BCUT2D eigenvalue weighted by atomic mass is 9.95. The van der Waals surface area contributed by atoms with Gasteiger partial charge < -0.3 is 9.47 Å². The molecule has 5 rings (SSSR count). The minimum absolute atomic E-state index is 0.848. The third kappa shape index (κ3) is 2.34. The number of methoxy groups -OCH3 is 2. The van der Waals surface area contributed by atoms with Crippen LogP contribution in [-0.2, 0) is 0 Å². The molecule has 4 heteroatoms. The van der Waals surface area contributed by atoms with E-state index in [0.29, 0.717) is 0 Å². The highest BCUT2D eigenvalue weighted by atomic mass is 16.5. The Morgan fingerprint density at radius 1 is 0.714 bits per heavy atom. The Labute approximate surface area is 163 Å². The van der Waals surface area contributed by atoms with Gasteiger partial charge in [0.15, 0.2) is 0 Å². The molecule has 0 unspecified atom stereocenters. The monoisotopic (exact) mass is 368 g/mol. The molecule has 0 spiro atoms. The fourth-order valence-corrected chi connectivity index (χ4v) is 4.03. The number of ether oxygens (including phenoxy) is 2. The second kappa shape index (κ2) is 6.27. The van der Waals surface area contributed by atoms with E-state index in [1.165, 1.54) is 11.1 Å². The quantitative estimate of drug-likeness (QED) is 0.415. The van der Waals surface area contributed by atoms with Crippen LogP contribution in [0.15, 0.2) is 66.7 Å². The van der Waals surface area contributed by atoms with E-state index in [-0.39, 0.29) is 0 Å². The molecule has 0 bridgehead atoms. The van der Waals surface area contributed by atoms with Gasteiger partial charge in [0.1, 0.15) is 17.1 Å². The van der Waals surface area contributed by atoms with Gasteiger partial charge in [0, 0.05) is 11.1 Å². The third-order valence-electron chi connectivity index (χ3n) is 5.32. The summed E-state index contributed by atoms with van der Waals surface area (Å²) >= 11 is 0. The standard InChI is InChI=1S/C24H20N2O2/c1-15-24-23(17-9-13-19(28-3)14-10-17)22(16-7-11-18(27-2)12-8-16)20-5-4-6-21(25-15)26(20)24/h4-14H,1-3H3. The van der Waals surface area contributed by atoms with Crippen LogP contribution < -0.4 is 9.47 Å². The van der Waals surface area contributed by atoms with E-state index >= 15 is 0 Å². The van der Waals surface area contributed by atoms with Crippen LogP contribution in [0.2, 0.25) is 0 Å². The minimum Gasteiger partial charge on any atom is -0.497 e. The topological polar surface area (TPSA) is 35.8 Å². The molecule has 0 aliphatic carbocycles. The maximum Gasteiger partial charge on any atom is 0.138 e. The second-order valence-corrected chi connectivity index (χ2v) is 6.86. The van der Waals surface area contributed by atoms with E-state index in [1.807, 2.05) is 24.3 Å². The highest BCUT2D eigenvalue weighted by molar-refractivity contribution is 6.06. The van der Waals surface area contributed by atoms with E-state index in [1.54, 1.807) is 14.2 Å². The van der Waals surface area contributed by atoms with E-state index in [0.717, 1.165) is 45.0 Å². The molecule has 138 valence electrons. The number of pyridine rings is 1. The molecular weight excluding hydrogens is 348 g/mol. The molecule has 0 saturated heterocycles. The zero-order valence-electron chi connectivity index (χ0n) is 16.1. The summed E-state index contributed by atoms with van der Waals surface area (Å²) in [5.74, 6) is 1.70. The summed E-state index contributed by atoms with van der Waals surface area (Å²) in [6, 6.07) is 22.8. The number of hydrogen-bond donors (Lipinski definition) is 0. The molecule has 2 aromatic carbocycles. The van der Waals surface area contributed by atoms with E-state index < -0.39 is 0 Å². The van der Waals surface area contributed by atoms with Crippen LogP contribution >= 0.6 is 0 Å². The molecule has 0 N–H and O–H groups in total. The number of nitrogens with zero attached hydrogens (tertiary/aromatic N) is 2. The van der Waals surface area contributed by atoms with Gasteiger partial charge in [-0.3, -0.25) is 4.40 Å². The van der Waals surface area contributed by atoms with Gasteiger partial charge in [0.05, 0.1) is 30.9 Å². The van der Waals surface area contributed by atoms with Crippen molar-refractivity contribution < 1.29 is 9.47 Å². The van der Waals surface area contributed by atoms with E-state index in [9.17, 15) is 0 Å². The Morgan fingerprint density at radius 2 is 1.29 bits per heavy atom. The first-order valence-electron chi connectivity index (χ1n) is 9.23. The Kier molecular flexibility index (Phi) is 3.72. The number of aryl methyl sites for hydroxylation is 1. The first-order valence-corrected chi connectivity index (χ1v) is 9.23. The lowest BCUT2D eigenvalue weighted by molar-refractivity contribution is 0.414. The van der Waals surface area contributed by atoms with E-state index in [4.69, 9.17) is 14.5 Å². The summed E-state index contributed by atoms with van der Waals surface area (Å²) in [5.41, 5.74) is 9.01. The van der Waals surface area contributed by atoms with Crippen molar-refractivity contribution in [2.75, 3.05) is 14.2 Å². The van der Waals surface area contributed by atoms with Crippen molar-refractivity contribution in [2.24, 2.45) is 0 Å². The summed E-state index contributed by atoms with van der Waals surface area (Å²) < 4.78 is 13.0. The average Bonchev–Trinajstić information content (AvgIpc) is 3.27. The van der Waals surface area contributed by atoms with Crippen molar-refractivity contribution in [3.8, 4) is 33.8 Å². The van der Waals surface area contributed by atoms with Crippen LogP contribution in [0, 0.1) is 6.92 Å². The van der Waals surface area contributed by atoms with Gasteiger partial charge in [0.25, 0.3) is 0 Å². The van der Waals surface area contributed by atoms with Crippen molar-refractivity contribution in [3.63, 3.8) is 0 Å². The van der Waals surface area contributed by atoms with Crippen molar-refractivity contribution in [1.29, 1.82) is 0 Å². The summed E-state index contributed by atoms with van der Waals surface area (Å²) in [5, 5.41) is 0. The summed E-state index contributed by atoms with van der Waals surface area (Å²) in [7, 11) is 3.38. The Bertz CT molecular complexity index is 1270. The number of hydrogen-bond acceptors (Lipinski definition) is 3. The largest absolute Gasteiger partial charge is 0.497 e. The molecule has 0 aliphatic rings. The Balaban J connectivity index is 1.87. The highest BCUT2D eigenvalue weighted by Crippen LogP contribution is 2.44. The van der Waals surface area contributed by atoms with Gasteiger partial charge in [-0.1, -0.05) is 30.3 Å². The van der Waals surface area contributed by atoms with Gasteiger partial charge >= 0.3 is 0 Å². The lowest BCUT2D eigenvalue weighted by Gasteiger charge is -2.09. The predicted molar refractivity (Wildman–Crippen MR) is 113 cm³/mol. The highest BCUT2D eigenvalue weighted by Gasteiger charge is 2.23. The molecule has 0 amide bonds. The average molecular weight is 368 g/mol. The van der Waals surface area contributed by atoms with E-state index in [2.05, 4.69) is 53.8 Å². The fraction of sp³-hybridized carbons (Fsp3) is 0.125. The van der Waals surface area contributed by atoms with Gasteiger partial charge in [0.2, 0.25) is 0 Å². The molecule has 0 saturated carbocycles. The van der Waals surface area contributed by atoms with Crippen LogP contribution in [0.3, 0.4) is 0 Å². The molecule has 28 heavy (non-hydrogen) atoms. The van der Waals surface area contributed by atoms with Crippen molar-refractivity contribution in [1.82, 2.24) is 9.38 Å². The van der Waals surface area contributed by atoms with Crippen LogP contribution in [0.5, 0.6) is 11.5 Å². The molecule has 0 radical (unpaired) electrons.